The monoisotopic (exact) mass is 302 g/mol. The highest BCUT2D eigenvalue weighted by Gasteiger charge is 2.26. The zero-order valence-electron chi connectivity index (χ0n) is 9.48. The summed E-state index contributed by atoms with van der Waals surface area (Å²) >= 11 is 3.43. The van der Waals surface area contributed by atoms with Gasteiger partial charge in [-0.05, 0) is 23.8 Å². The molecule has 3 nitrogen and oxygen atoms in total. The number of nitrogens with one attached hydrogen (secondary N) is 2. The average Bonchev–Trinajstić information content (AvgIpc) is 2.39. The van der Waals surface area contributed by atoms with Crippen LogP contribution in [0.1, 0.15) is 11.6 Å². The van der Waals surface area contributed by atoms with E-state index in [1.165, 1.54) is 0 Å². The van der Waals surface area contributed by atoms with Crippen molar-refractivity contribution in [3.8, 4) is 0 Å². The van der Waals surface area contributed by atoms with Gasteiger partial charge in [-0.1, -0.05) is 46.3 Å². The summed E-state index contributed by atoms with van der Waals surface area (Å²) in [7, 11) is 0. The zero-order chi connectivity index (χ0) is 12.5. The Bertz CT molecular complexity index is 598. The molecule has 3 rings (SSSR count). The van der Waals surface area contributed by atoms with Crippen molar-refractivity contribution >= 4 is 33.2 Å². The van der Waals surface area contributed by atoms with Crippen LogP contribution in [0.4, 0.5) is 11.4 Å². The summed E-state index contributed by atoms with van der Waals surface area (Å²) in [5, 5.41) is 6.18. The number of amides is 1. The van der Waals surface area contributed by atoms with Crippen molar-refractivity contribution in [2.75, 3.05) is 10.6 Å². The third-order valence-electron chi connectivity index (χ3n) is 2.93. The van der Waals surface area contributed by atoms with Gasteiger partial charge in [0.1, 0.15) is 6.04 Å². The summed E-state index contributed by atoms with van der Waals surface area (Å²) in [4.78, 5) is 12.1. The molecule has 4 heteroatoms. The van der Waals surface area contributed by atoms with Crippen molar-refractivity contribution < 1.29 is 4.79 Å². The number of benzene rings is 2. The van der Waals surface area contributed by atoms with Gasteiger partial charge < -0.3 is 10.6 Å². The van der Waals surface area contributed by atoms with Gasteiger partial charge in [0.15, 0.2) is 0 Å². The van der Waals surface area contributed by atoms with E-state index in [0.717, 1.165) is 21.4 Å². The molecule has 0 radical (unpaired) electrons. The molecule has 90 valence electrons. The number of halogens is 1. The van der Waals surface area contributed by atoms with E-state index >= 15 is 0 Å². The molecule has 0 aliphatic carbocycles. The summed E-state index contributed by atoms with van der Waals surface area (Å²) < 4.78 is 0.983. The minimum Gasteiger partial charge on any atom is -0.368 e. The maximum Gasteiger partial charge on any atom is 0.251 e. The van der Waals surface area contributed by atoms with Crippen LogP contribution in [0.3, 0.4) is 0 Å². The maximum atomic E-state index is 12.1. The van der Waals surface area contributed by atoms with Gasteiger partial charge in [-0.15, -0.1) is 0 Å². The van der Waals surface area contributed by atoms with Crippen LogP contribution in [0.2, 0.25) is 0 Å². The first-order chi connectivity index (χ1) is 8.74. The van der Waals surface area contributed by atoms with Crippen molar-refractivity contribution in [3.63, 3.8) is 0 Å². The van der Waals surface area contributed by atoms with Crippen LogP contribution in [0, 0.1) is 0 Å². The number of hydrogen-bond donors (Lipinski definition) is 2. The van der Waals surface area contributed by atoms with E-state index in [-0.39, 0.29) is 11.9 Å². The average molecular weight is 303 g/mol. The normalized spacial score (nSPS) is 17.6. The SMILES string of the molecule is O=C1Nc2ccc(Br)cc2NC1c1ccccc1. The molecule has 2 aromatic carbocycles. The predicted molar refractivity (Wildman–Crippen MR) is 75.6 cm³/mol. The van der Waals surface area contributed by atoms with Crippen LogP contribution in [0.15, 0.2) is 53.0 Å². The minimum absolute atomic E-state index is 0.0315. The highest BCUT2D eigenvalue weighted by molar-refractivity contribution is 9.10. The molecule has 0 aromatic heterocycles. The molecule has 0 bridgehead atoms. The quantitative estimate of drug-likeness (QED) is 0.846. The second-order valence-corrected chi connectivity index (χ2v) is 5.08. The van der Waals surface area contributed by atoms with E-state index in [1.54, 1.807) is 0 Å². The lowest BCUT2D eigenvalue weighted by Crippen LogP contribution is -2.31. The molecule has 18 heavy (non-hydrogen) atoms. The molecule has 1 atom stereocenters. The first kappa shape index (κ1) is 11.3. The number of carbonyl (C=O) groups excluding carboxylic acids is 1. The Kier molecular flexibility index (Phi) is 2.80. The van der Waals surface area contributed by atoms with Crippen molar-refractivity contribution in [1.29, 1.82) is 0 Å². The topological polar surface area (TPSA) is 41.1 Å². The minimum atomic E-state index is -0.340. The van der Waals surface area contributed by atoms with Gasteiger partial charge in [0.2, 0.25) is 0 Å². The standard InChI is InChI=1S/C14H11BrN2O/c15-10-6-7-11-12(8-10)16-13(14(18)17-11)9-4-2-1-3-5-9/h1-8,13,16H,(H,17,18). The summed E-state index contributed by atoms with van der Waals surface area (Å²) in [6, 6.07) is 15.1. The maximum absolute atomic E-state index is 12.1. The van der Waals surface area contributed by atoms with E-state index in [1.807, 2.05) is 48.5 Å². The van der Waals surface area contributed by atoms with E-state index in [0.29, 0.717) is 0 Å². The van der Waals surface area contributed by atoms with Crippen LogP contribution in [0.5, 0.6) is 0 Å². The van der Waals surface area contributed by atoms with Crippen LogP contribution in [-0.4, -0.2) is 5.91 Å². The Morgan fingerprint density at radius 3 is 2.56 bits per heavy atom. The summed E-state index contributed by atoms with van der Waals surface area (Å²) in [5.74, 6) is -0.0315. The van der Waals surface area contributed by atoms with Gasteiger partial charge in [-0.2, -0.15) is 0 Å². The second-order valence-electron chi connectivity index (χ2n) is 4.17. The Morgan fingerprint density at radius 1 is 1.00 bits per heavy atom. The van der Waals surface area contributed by atoms with Gasteiger partial charge >= 0.3 is 0 Å². The first-order valence-electron chi connectivity index (χ1n) is 5.66. The van der Waals surface area contributed by atoms with Gasteiger partial charge in [0.05, 0.1) is 11.4 Å². The third kappa shape index (κ3) is 1.99. The second kappa shape index (κ2) is 4.46. The molecule has 1 amide bonds. The molecular formula is C14H11BrN2O. The smallest absolute Gasteiger partial charge is 0.251 e. The third-order valence-corrected chi connectivity index (χ3v) is 3.43. The van der Waals surface area contributed by atoms with Crippen molar-refractivity contribution in [3.05, 3.63) is 58.6 Å². The van der Waals surface area contributed by atoms with Crippen molar-refractivity contribution in [2.45, 2.75) is 6.04 Å². The number of rotatable bonds is 1. The van der Waals surface area contributed by atoms with Gasteiger partial charge in [0, 0.05) is 4.47 Å². The fourth-order valence-electron chi connectivity index (χ4n) is 2.05. The zero-order valence-corrected chi connectivity index (χ0v) is 11.1. The number of hydrogen-bond acceptors (Lipinski definition) is 2. The Labute approximate surface area is 113 Å². The highest BCUT2D eigenvalue weighted by Crippen LogP contribution is 2.34. The molecular weight excluding hydrogens is 292 g/mol. The predicted octanol–water partition coefficient (Wildman–Crippen LogP) is 3.55. The molecule has 2 N–H and O–H groups in total. The Balaban J connectivity index is 1.99. The number of carbonyl (C=O) groups is 1. The molecule has 1 unspecified atom stereocenters. The molecule has 0 saturated heterocycles. The van der Waals surface area contributed by atoms with Crippen molar-refractivity contribution in [2.24, 2.45) is 0 Å². The molecule has 0 spiro atoms. The largest absolute Gasteiger partial charge is 0.368 e. The lowest BCUT2D eigenvalue weighted by Gasteiger charge is -2.27. The Hall–Kier alpha value is -1.81. The lowest BCUT2D eigenvalue weighted by molar-refractivity contribution is -0.117. The lowest BCUT2D eigenvalue weighted by atomic mass is 10.0. The highest BCUT2D eigenvalue weighted by atomic mass is 79.9. The van der Waals surface area contributed by atoms with E-state index in [2.05, 4.69) is 26.6 Å². The van der Waals surface area contributed by atoms with E-state index in [9.17, 15) is 4.79 Å². The fourth-order valence-corrected chi connectivity index (χ4v) is 2.41. The molecule has 1 heterocycles. The molecule has 0 fully saturated rings. The van der Waals surface area contributed by atoms with Crippen LogP contribution >= 0.6 is 15.9 Å². The van der Waals surface area contributed by atoms with E-state index in [4.69, 9.17) is 0 Å². The van der Waals surface area contributed by atoms with Crippen LogP contribution in [-0.2, 0) is 4.79 Å². The fraction of sp³-hybridized carbons (Fsp3) is 0.0714. The van der Waals surface area contributed by atoms with Gasteiger partial charge in [0.25, 0.3) is 5.91 Å². The van der Waals surface area contributed by atoms with E-state index < -0.39 is 0 Å². The van der Waals surface area contributed by atoms with Crippen molar-refractivity contribution in [1.82, 2.24) is 0 Å². The van der Waals surface area contributed by atoms with Crippen LogP contribution < -0.4 is 10.6 Å². The van der Waals surface area contributed by atoms with Crippen LogP contribution in [0.25, 0.3) is 0 Å². The van der Waals surface area contributed by atoms with Gasteiger partial charge in [-0.25, -0.2) is 0 Å². The summed E-state index contributed by atoms with van der Waals surface area (Å²) in [5.41, 5.74) is 2.70. The number of anilines is 2. The molecule has 2 aromatic rings. The first-order valence-corrected chi connectivity index (χ1v) is 6.45. The molecule has 0 saturated carbocycles. The molecule has 1 aliphatic rings. The Morgan fingerprint density at radius 2 is 1.78 bits per heavy atom. The molecule has 1 aliphatic heterocycles. The number of fused-ring (bicyclic) bond motifs is 1. The summed E-state index contributed by atoms with van der Waals surface area (Å²) in [6.45, 7) is 0. The summed E-state index contributed by atoms with van der Waals surface area (Å²) in [6.07, 6.45) is 0. The van der Waals surface area contributed by atoms with Gasteiger partial charge in [-0.3, -0.25) is 4.79 Å².